The predicted octanol–water partition coefficient (Wildman–Crippen LogP) is 21.0. The zero-order valence-electron chi connectivity index (χ0n) is 56.0. The van der Waals surface area contributed by atoms with Crippen LogP contribution < -0.4 is 14.5 Å². The monoisotopic (exact) mass is 1100 g/mol. The quantitative estimate of drug-likeness (QED) is 0.129. The van der Waals surface area contributed by atoms with Crippen molar-refractivity contribution in [2.24, 2.45) is 6.98 Å². The predicted molar refractivity (Wildman–Crippen MR) is 355 cm³/mol. The molecule has 0 amide bonds. The topological polar surface area (TPSA) is 38.5 Å². The Bertz CT molecular complexity index is 5180. The molecule has 0 atom stereocenters. The van der Waals surface area contributed by atoms with Gasteiger partial charge in [-0.25, -0.2) is 4.98 Å². The van der Waals surface area contributed by atoms with Crippen LogP contribution in [0.2, 0.25) is 0 Å². The van der Waals surface area contributed by atoms with Crippen molar-refractivity contribution in [3.05, 3.63) is 291 Å². The normalized spacial score (nSPS) is 14.0. The van der Waals surface area contributed by atoms with Crippen LogP contribution in [0.1, 0.15) is 38.7 Å². The molecule has 6 nitrogen and oxygen atoms in total. The van der Waals surface area contributed by atoms with Gasteiger partial charge in [-0.2, -0.15) is 0 Å². The molecule has 2 aromatic heterocycles. The van der Waals surface area contributed by atoms with Gasteiger partial charge in [-0.15, -0.1) is 0 Å². The summed E-state index contributed by atoms with van der Waals surface area (Å²) >= 11 is 0. The van der Waals surface area contributed by atoms with Gasteiger partial charge in [0.1, 0.15) is 18.2 Å². The summed E-state index contributed by atoms with van der Waals surface area (Å²) in [4.78, 5) is 9.58. The molecule has 0 saturated heterocycles. The first-order valence-electron chi connectivity index (χ1n) is 33.1. The maximum atomic E-state index is 10.4. The fourth-order valence-corrected chi connectivity index (χ4v) is 12.1. The third kappa shape index (κ3) is 9.20. The smallest absolute Gasteiger partial charge is 0.215 e. The zero-order valence-corrected chi connectivity index (χ0v) is 47.0. The van der Waals surface area contributed by atoms with E-state index >= 15 is 0 Å². The van der Waals surface area contributed by atoms with Crippen LogP contribution in [0.25, 0.3) is 106 Å². The molecule has 0 bridgehead atoms. The van der Waals surface area contributed by atoms with Crippen molar-refractivity contribution in [1.82, 2.24) is 14.1 Å². The van der Waals surface area contributed by atoms with Gasteiger partial charge < -0.3 is 19.1 Å². The van der Waals surface area contributed by atoms with E-state index in [1.807, 2.05) is 121 Å². The van der Waals surface area contributed by atoms with Crippen LogP contribution in [0.15, 0.2) is 285 Å². The summed E-state index contributed by atoms with van der Waals surface area (Å²) in [6, 6.07) is 80.6. The molecule has 0 unspecified atom stereocenters. The average Bonchev–Trinajstić information content (AvgIpc) is 1.50. The minimum absolute atomic E-state index is 0.0533. The Hall–Kier alpha value is -10.7. The fraction of sp³-hybridized carbons (Fsp3) is 0.0759. The highest BCUT2D eigenvalue weighted by Crippen LogP contribution is 2.53. The minimum atomic E-state index is -2.77. The van der Waals surface area contributed by atoms with Gasteiger partial charge in [-0.1, -0.05) is 215 Å². The van der Waals surface area contributed by atoms with Crippen molar-refractivity contribution in [2.75, 3.05) is 16.5 Å². The highest BCUT2D eigenvalue weighted by Gasteiger charge is 2.34. The van der Waals surface area contributed by atoms with Crippen LogP contribution in [0.3, 0.4) is 0 Å². The molecule has 0 fully saturated rings. The first kappa shape index (κ1) is 42.2. The lowest BCUT2D eigenvalue weighted by Gasteiger charge is -2.30. The molecule has 0 saturated carbocycles. The Labute approximate surface area is 509 Å². The van der Waals surface area contributed by atoms with Crippen molar-refractivity contribution in [1.29, 1.82) is 0 Å². The average molecular weight is 1110 g/mol. The summed E-state index contributed by atoms with van der Waals surface area (Å²) in [5, 5.41) is 0.613. The standard InChI is InChI=1S/C79H61N5O/c1-79(2,3)60-48-68(56-32-16-8-17-33-56)77(69(49-60)57-34-18-9-19-35-57)83-52-82(73-40-24-25-41-74(73)83)61-44-59(76-66(54-28-12-6-13-29-54)46-58(53-26-10-5-11-27-53)47-67(76)55-30-14-7-15-31-55)45-63(50-61)85-62-42-43-65-64-36-20-22-38-71(64)84(75(65)51-62)78-80-70-37-21-23-39-72(70)81(78)4/h5-51H,52H2,1-4H3/i4D3,20D,22D,36D,38D,46D,47D. The molecule has 0 aliphatic carbocycles. The minimum Gasteiger partial charge on any atom is -0.457 e. The molecule has 1 aliphatic rings. The maximum absolute atomic E-state index is 10.4. The molecule has 1 aliphatic heterocycles. The van der Waals surface area contributed by atoms with E-state index in [1.165, 1.54) is 10.1 Å². The first-order valence-corrected chi connectivity index (χ1v) is 28.6. The van der Waals surface area contributed by atoms with Gasteiger partial charge in [0.2, 0.25) is 5.95 Å². The van der Waals surface area contributed by atoms with E-state index in [0.29, 0.717) is 67.9 Å². The number of imidazole rings is 1. The largest absolute Gasteiger partial charge is 0.457 e. The Kier molecular flexibility index (Phi) is 10.4. The van der Waals surface area contributed by atoms with E-state index in [4.69, 9.17) is 16.6 Å². The van der Waals surface area contributed by atoms with Crippen molar-refractivity contribution in [2.45, 2.75) is 26.2 Å². The third-order valence-corrected chi connectivity index (χ3v) is 16.2. The van der Waals surface area contributed by atoms with Crippen molar-refractivity contribution < 1.29 is 17.1 Å². The number of benzene rings is 12. The molecule has 15 rings (SSSR count). The van der Waals surface area contributed by atoms with Crippen LogP contribution >= 0.6 is 0 Å². The van der Waals surface area contributed by atoms with Crippen molar-refractivity contribution in [3.63, 3.8) is 0 Å². The number of aromatic nitrogens is 3. The van der Waals surface area contributed by atoms with Crippen molar-refractivity contribution in [3.8, 4) is 84.2 Å². The Balaban J connectivity index is 1.01. The Morgan fingerprint density at radius 2 is 0.988 bits per heavy atom. The van der Waals surface area contributed by atoms with Crippen LogP contribution in [-0.4, -0.2) is 20.8 Å². The lowest BCUT2D eigenvalue weighted by Crippen LogP contribution is -2.25. The van der Waals surface area contributed by atoms with Crippen LogP contribution in [0.5, 0.6) is 11.5 Å². The van der Waals surface area contributed by atoms with Gasteiger partial charge in [0.05, 0.1) is 47.4 Å². The van der Waals surface area contributed by atoms with Gasteiger partial charge in [0.25, 0.3) is 0 Å². The lowest BCUT2D eigenvalue weighted by atomic mass is 9.82. The van der Waals surface area contributed by atoms with E-state index in [-0.39, 0.29) is 46.4 Å². The zero-order chi connectivity index (χ0) is 64.9. The molecular formula is C79H61N5O. The highest BCUT2D eigenvalue weighted by molar-refractivity contribution is 6.10. The van der Waals surface area contributed by atoms with E-state index < -0.39 is 19.1 Å². The van der Waals surface area contributed by atoms with E-state index in [2.05, 4.69) is 116 Å². The first-order chi connectivity index (χ1) is 45.4. The number of ether oxygens (including phenoxy) is 1. The molecule has 6 heteroatoms. The second-order valence-corrected chi connectivity index (χ2v) is 22.5. The summed E-state index contributed by atoms with van der Waals surface area (Å²) in [5.41, 5.74) is 15.3. The number of hydrogen-bond donors (Lipinski definition) is 0. The summed E-state index contributed by atoms with van der Waals surface area (Å²) in [6.45, 7) is 4.31. The molecule has 0 N–H and O–H groups in total. The Morgan fingerprint density at radius 3 is 1.59 bits per heavy atom. The number of aryl methyl sites for hydroxylation is 1. The summed E-state index contributed by atoms with van der Waals surface area (Å²) < 4.78 is 93.9. The van der Waals surface area contributed by atoms with Crippen molar-refractivity contribution >= 4 is 55.6 Å². The van der Waals surface area contributed by atoms with Gasteiger partial charge in [0.15, 0.2) is 0 Å². The highest BCUT2D eigenvalue weighted by atomic mass is 16.5. The number of anilines is 4. The molecule has 14 aromatic rings. The number of nitrogens with zero attached hydrogens (tertiary/aromatic N) is 5. The Morgan fingerprint density at radius 1 is 0.447 bits per heavy atom. The molecule has 85 heavy (non-hydrogen) atoms. The molecule has 0 spiro atoms. The fourth-order valence-electron chi connectivity index (χ4n) is 12.1. The number of hydrogen-bond acceptors (Lipinski definition) is 4. The molecular weight excluding hydrogens is 1030 g/mol. The second-order valence-electron chi connectivity index (χ2n) is 22.5. The lowest BCUT2D eigenvalue weighted by molar-refractivity contribution is 0.483. The molecule has 408 valence electrons. The van der Waals surface area contributed by atoms with E-state index in [1.54, 1.807) is 42.5 Å². The van der Waals surface area contributed by atoms with Crippen LogP contribution in [0, 0.1) is 0 Å². The van der Waals surface area contributed by atoms with E-state index in [9.17, 15) is 5.48 Å². The van der Waals surface area contributed by atoms with Gasteiger partial charge >= 0.3 is 0 Å². The summed E-state index contributed by atoms with van der Waals surface area (Å²) in [5.74, 6) is 0.598. The summed E-state index contributed by atoms with van der Waals surface area (Å²) in [7, 11) is 0. The number of para-hydroxylation sites is 5. The van der Waals surface area contributed by atoms with E-state index in [0.717, 1.165) is 66.3 Å². The molecule has 12 aromatic carbocycles. The van der Waals surface area contributed by atoms with Crippen LogP contribution in [-0.2, 0) is 12.4 Å². The van der Waals surface area contributed by atoms with Crippen LogP contribution in [0.4, 0.5) is 22.7 Å². The maximum Gasteiger partial charge on any atom is 0.215 e. The SMILES string of the molecule is [2H]c1c(-c2ccccc2)c([2H])c(-c2ccccc2)c(-c2cc(Oc3ccc4c5c([2H])c([2H])c([2H])c([2H])c5n(-c5nc6ccccc6n5C([2H])([2H])[2H])c4c3)cc(N3CN(c4c(-c5ccccc5)cc(C(C)(C)C)cc4-c4ccccc4)c4ccccc43)c2)c1-c1ccccc1. The molecule has 0 radical (unpaired) electrons. The second kappa shape index (κ2) is 20.9. The van der Waals surface area contributed by atoms with Gasteiger partial charge in [-0.3, -0.25) is 4.57 Å². The molecule has 3 heterocycles. The number of rotatable bonds is 11. The number of fused-ring (bicyclic) bond motifs is 5. The van der Waals surface area contributed by atoms with Gasteiger partial charge in [0, 0.05) is 50.8 Å². The van der Waals surface area contributed by atoms with Gasteiger partial charge in [-0.05, 0) is 145 Å². The third-order valence-electron chi connectivity index (χ3n) is 16.2. The summed E-state index contributed by atoms with van der Waals surface area (Å²) in [6.07, 6.45) is 0.